The zero-order chi connectivity index (χ0) is 23.5. The molecule has 174 valence electrons. The SMILES string of the molecule is COc1cc([C@@H]2CN3CCN(C(=O)Cc4cnc(-n5cnnn5)nc4)C[C@H]3CO2)ccc1C#N. The van der Waals surface area contributed by atoms with Gasteiger partial charge in [-0.1, -0.05) is 6.07 Å². The van der Waals surface area contributed by atoms with Crippen molar-refractivity contribution < 1.29 is 14.3 Å². The third-order valence-electron chi connectivity index (χ3n) is 6.17. The first kappa shape index (κ1) is 21.9. The second kappa shape index (κ2) is 9.50. The van der Waals surface area contributed by atoms with Crippen molar-refractivity contribution in [2.24, 2.45) is 0 Å². The highest BCUT2D eigenvalue weighted by Crippen LogP contribution is 2.30. The third-order valence-corrected chi connectivity index (χ3v) is 6.17. The quantitative estimate of drug-likeness (QED) is 0.517. The average Bonchev–Trinajstić information content (AvgIpc) is 3.43. The summed E-state index contributed by atoms with van der Waals surface area (Å²) < 4.78 is 12.8. The minimum atomic E-state index is -0.101. The Morgan fingerprint density at radius 3 is 2.85 bits per heavy atom. The minimum absolute atomic E-state index is 0.0392. The van der Waals surface area contributed by atoms with Crippen LogP contribution in [-0.4, -0.2) is 91.8 Å². The molecule has 5 rings (SSSR count). The van der Waals surface area contributed by atoms with Crippen LogP contribution in [0.4, 0.5) is 0 Å². The van der Waals surface area contributed by atoms with Crippen LogP contribution in [0.25, 0.3) is 5.95 Å². The summed E-state index contributed by atoms with van der Waals surface area (Å²) in [6.07, 6.45) is 4.79. The number of morpholine rings is 1. The smallest absolute Gasteiger partial charge is 0.253 e. The Balaban J connectivity index is 1.17. The Morgan fingerprint density at radius 1 is 1.26 bits per heavy atom. The standard InChI is InChI=1S/C22H23N9O3/c1-33-19-7-16(2-3-17(19)8-23)20-12-29-4-5-30(11-18(29)13-34-20)21(32)6-15-9-24-22(25-10-15)31-14-26-27-28-31/h2-3,7,9-10,14,18,20H,4-6,11-13H2,1H3/t18-,20-/m0/s1. The van der Waals surface area contributed by atoms with Gasteiger partial charge in [-0.15, -0.1) is 5.10 Å². The van der Waals surface area contributed by atoms with Crippen molar-refractivity contribution in [3.05, 3.63) is 53.6 Å². The molecule has 3 aromatic rings. The monoisotopic (exact) mass is 461 g/mol. The number of hydrogen-bond acceptors (Lipinski definition) is 10. The van der Waals surface area contributed by atoms with Crippen molar-refractivity contribution in [1.82, 2.24) is 40.0 Å². The molecule has 12 nitrogen and oxygen atoms in total. The lowest BCUT2D eigenvalue weighted by atomic mass is 10.0. The normalized spacial score (nSPS) is 20.4. The van der Waals surface area contributed by atoms with Crippen molar-refractivity contribution in [2.75, 3.05) is 39.9 Å². The molecule has 2 aromatic heterocycles. The van der Waals surface area contributed by atoms with E-state index in [4.69, 9.17) is 9.47 Å². The molecule has 1 amide bonds. The summed E-state index contributed by atoms with van der Waals surface area (Å²) in [4.78, 5) is 25.6. The predicted molar refractivity (Wildman–Crippen MR) is 117 cm³/mol. The summed E-state index contributed by atoms with van der Waals surface area (Å²) in [6.45, 7) is 3.31. The number of rotatable bonds is 5. The van der Waals surface area contributed by atoms with E-state index in [1.807, 2.05) is 17.0 Å². The first-order valence-corrected chi connectivity index (χ1v) is 10.9. The highest BCUT2D eigenvalue weighted by atomic mass is 16.5. The van der Waals surface area contributed by atoms with Crippen molar-refractivity contribution in [3.8, 4) is 17.8 Å². The molecule has 2 fully saturated rings. The van der Waals surface area contributed by atoms with Gasteiger partial charge in [0.05, 0.1) is 37.8 Å². The van der Waals surface area contributed by atoms with E-state index in [2.05, 4.69) is 36.5 Å². The average molecular weight is 461 g/mol. The van der Waals surface area contributed by atoms with Gasteiger partial charge in [-0.3, -0.25) is 9.69 Å². The van der Waals surface area contributed by atoms with Gasteiger partial charge in [-0.25, -0.2) is 9.97 Å². The second-order valence-electron chi connectivity index (χ2n) is 8.20. The van der Waals surface area contributed by atoms with Crippen LogP contribution in [-0.2, 0) is 16.0 Å². The van der Waals surface area contributed by atoms with Crippen LogP contribution in [0.3, 0.4) is 0 Å². The number of nitrogens with zero attached hydrogens (tertiary/aromatic N) is 9. The van der Waals surface area contributed by atoms with E-state index in [9.17, 15) is 10.1 Å². The van der Waals surface area contributed by atoms with Crippen LogP contribution in [0.15, 0.2) is 36.9 Å². The van der Waals surface area contributed by atoms with Gasteiger partial charge in [-0.2, -0.15) is 9.94 Å². The van der Waals surface area contributed by atoms with E-state index in [0.29, 0.717) is 37.0 Å². The molecule has 0 unspecified atom stereocenters. The summed E-state index contributed by atoms with van der Waals surface area (Å²) in [5.74, 6) is 0.942. The van der Waals surface area contributed by atoms with E-state index in [1.54, 1.807) is 25.6 Å². The number of aromatic nitrogens is 6. The Labute approximate surface area is 195 Å². The van der Waals surface area contributed by atoms with Crippen molar-refractivity contribution in [1.29, 1.82) is 5.26 Å². The lowest BCUT2D eigenvalue weighted by molar-refractivity contribution is -0.139. The van der Waals surface area contributed by atoms with Crippen molar-refractivity contribution in [2.45, 2.75) is 18.6 Å². The third kappa shape index (κ3) is 4.43. The van der Waals surface area contributed by atoms with Gasteiger partial charge in [0.1, 0.15) is 18.1 Å². The number of tetrazole rings is 1. The van der Waals surface area contributed by atoms with Gasteiger partial charge in [0.25, 0.3) is 5.95 Å². The first-order valence-electron chi connectivity index (χ1n) is 10.9. The number of fused-ring (bicyclic) bond motifs is 1. The second-order valence-corrected chi connectivity index (χ2v) is 8.20. The van der Waals surface area contributed by atoms with Crippen LogP contribution in [0.5, 0.6) is 5.75 Å². The highest BCUT2D eigenvalue weighted by Gasteiger charge is 2.35. The molecule has 34 heavy (non-hydrogen) atoms. The number of amides is 1. The van der Waals surface area contributed by atoms with E-state index >= 15 is 0 Å². The molecule has 2 saturated heterocycles. The fourth-order valence-electron chi connectivity index (χ4n) is 4.31. The lowest BCUT2D eigenvalue weighted by Gasteiger charge is -2.46. The topological polar surface area (TPSA) is 135 Å². The number of ether oxygens (including phenoxy) is 2. The zero-order valence-electron chi connectivity index (χ0n) is 18.6. The van der Waals surface area contributed by atoms with Gasteiger partial charge in [0.2, 0.25) is 5.91 Å². The van der Waals surface area contributed by atoms with E-state index < -0.39 is 0 Å². The van der Waals surface area contributed by atoms with Crippen LogP contribution >= 0.6 is 0 Å². The van der Waals surface area contributed by atoms with Crippen LogP contribution in [0, 0.1) is 11.3 Å². The summed E-state index contributed by atoms with van der Waals surface area (Å²) in [5.41, 5.74) is 2.22. The molecule has 1 aromatic carbocycles. The van der Waals surface area contributed by atoms with Gasteiger partial charge in [0, 0.05) is 38.6 Å². The van der Waals surface area contributed by atoms with Gasteiger partial charge in [-0.05, 0) is 33.7 Å². The van der Waals surface area contributed by atoms with Crippen LogP contribution in [0.2, 0.25) is 0 Å². The molecule has 12 heteroatoms. The summed E-state index contributed by atoms with van der Waals surface area (Å²) in [5, 5.41) is 20.1. The predicted octanol–water partition coefficient (Wildman–Crippen LogP) is 0.159. The van der Waals surface area contributed by atoms with Gasteiger partial charge in [0.15, 0.2) is 0 Å². The molecule has 0 spiro atoms. The van der Waals surface area contributed by atoms with E-state index in [-0.39, 0.29) is 24.5 Å². The molecule has 0 bridgehead atoms. The van der Waals surface area contributed by atoms with E-state index in [1.165, 1.54) is 11.0 Å². The molecular formula is C22H23N9O3. The van der Waals surface area contributed by atoms with Crippen molar-refractivity contribution in [3.63, 3.8) is 0 Å². The molecule has 0 radical (unpaired) electrons. The van der Waals surface area contributed by atoms with Gasteiger partial charge < -0.3 is 14.4 Å². The molecular weight excluding hydrogens is 438 g/mol. The Kier molecular flexibility index (Phi) is 6.11. The molecule has 2 aliphatic rings. The number of hydrogen-bond donors (Lipinski definition) is 0. The Bertz CT molecular complexity index is 1190. The van der Waals surface area contributed by atoms with Gasteiger partial charge >= 0.3 is 0 Å². The molecule has 0 saturated carbocycles. The number of carbonyl (C=O) groups excluding carboxylic acids is 1. The number of benzene rings is 1. The van der Waals surface area contributed by atoms with E-state index in [0.717, 1.165) is 24.2 Å². The summed E-state index contributed by atoms with van der Waals surface area (Å²) in [6, 6.07) is 7.83. The largest absolute Gasteiger partial charge is 0.495 e. The number of methoxy groups -OCH3 is 1. The maximum absolute atomic E-state index is 12.9. The lowest BCUT2D eigenvalue weighted by Crippen LogP contribution is -2.59. The van der Waals surface area contributed by atoms with Crippen LogP contribution < -0.4 is 4.74 Å². The fraction of sp³-hybridized carbons (Fsp3) is 0.409. The summed E-state index contributed by atoms with van der Waals surface area (Å²) >= 11 is 0. The molecule has 0 aliphatic carbocycles. The highest BCUT2D eigenvalue weighted by molar-refractivity contribution is 5.78. The molecule has 2 atom stereocenters. The zero-order valence-corrected chi connectivity index (χ0v) is 18.6. The maximum atomic E-state index is 12.9. The minimum Gasteiger partial charge on any atom is -0.495 e. The Morgan fingerprint density at radius 2 is 2.12 bits per heavy atom. The first-order chi connectivity index (χ1) is 16.6. The maximum Gasteiger partial charge on any atom is 0.253 e. The molecule has 0 N–H and O–H groups in total. The molecule has 4 heterocycles. The van der Waals surface area contributed by atoms with Crippen molar-refractivity contribution >= 4 is 5.91 Å². The Hall–Kier alpha value is -3.95. The fourth-order valence-corrected chi connectivity index (χ4v) is 4.31. The number of carbonyl (C=O) groups is 1. The molecule has 2 aliphatic heterocycles. The number of nitriles is 1. The number of piperazine rings is 1. The summed E-state index contributed by atoms with van der Waals surface area (Å²) in [7, 11) is 1.56. The van der Waals surface area contributed by atoms with Crippen LogP contribution in [0.1, 0.15) is 22.8 Å².